The van der Waals surface area contributed by atoms with Crippen LogP contribution in [0.2, 0.25) is 0 Å². The van der Waals surface area contributed by atoms with E-state index >= 15 is 0 Å². The number of methoxy groups -OCH3 is 1. The Balaban J connectivity index is 1.65. The summed E-state index contributed by atoms with van der Waals surface area (Å²) in [7, 11) is -2.78. The number of para-hydroxylation sites is 1. The molecule has 0 saturated heterocycles. The van der Waals surface area contributed by atoms with E-state index in [1.54, 1.807) is 42.5 Å². The fourth-order valence-electron chi connectivity index (χ4n) is 3.44. The molecule has 0 heterocycles. The van der Waals surface area contributed by atoms with Gasteiger partial charge in [-0.1, -0.05) is 24.3 Å². The molecule has 1 aliphatic carbocycles. The molecule has 0 atom stereocenters. The number of aryl methyl sites for hydroxylation is 2. The molecule has 0 aromatic heterocycles. The van der Waals surface area contributed by atoms with Crippen molar-refractivity contribution >= 4 is 21.8 Å². The number of sulfonamides is 1. The lowest BCUT2D eigenvalue weighted by molar-refractivity contribution is 0.184. The minimum Gasteiger partial charge on any atom is -0.497 e. The molecule has 0 saturated carbocycles. The molecule has 0 unspecified atom stereocenters. The van der Waals surface area contributed by atoms with Crippen LogP contribution in [-0.2, 0) is 22.9 Å². The third-order valence-corrected chi connectivity index (χ3v) is 6.63. The summed E-state index contributed by atoms with van der Waals surface area (Å²) < 4.78 is 37.6. The molecule has 0 fully saturated rings. The van der Waals surface area contributed by atoms with Crippen molar-refractivity contribution in [2.24, 2.45) is 0 Å². The topological polar surface area (TPSA) is 84.9 Å². The second-order valence-corrected chi connectivity index (χ2v) is 8.86. The molecular weight excluding hydrogens is 416 g/mol. The van der Waals surface area contributed by atoms with E-state index in [-0.39, 0.29) is 4.90 Å². The normalized spacial score (nSPS) is 12.7. The van der Waals surface area contributed by atoms with Gasteiger partial charge >= 0.3 is 6.09 Å². The monoisotopic (exact) mass is 438 g/mol. The summed E-state index contributed by atoms with van der Waals surface area (Å²) >= 11 is 0. The van der Waals surface area contributed by atoms with Crippen LogP contribution in [0, 0.1) is 0 Å². The second kappa shape index (κ2) is 8.69. The van der Waals surface area contributed by atoms with Gasteiger partial charge < -0.3 is 9.47 Å². The summed E-state index contributed by atoms with van der Waals surface area (Å²) in [4.78, 5) is 12.9. The molecule has 0 bridgehead atoms. The van der Waals surface area contributed by atoms with Crippen molar-refractivity contribution in [3.05, 3.63) is 83.9 Å². The van der Waals surface area contributed by atoms with Gasteiger partial charge in [-0.2, -0.15) is 8.42 Å². The lowest BCUT2D eigenvalue weighted by Gasteiger charge is -2.23. The van der Waals surface area contributed by atoms with E-state index in [0.29, 0.717) is 21.6 Å². The molecule has 8 heteroatoms. The van der Waals surface area contributed by atoms with Gasteiger partial charge in [0, 0.05) is 0 Å². The van der Waals surface area contributed by atoms with E-state index < -0.39 is 16.1 Å². The Bertz CT molecular complexity index is 1180. The summed E-state index contributed by atoms with van der Waals surface area (Å²) in [5.74, 6) is 0.803. The van der Waals surface area contributed by atoms with Crippen molar-refractivity contribution in [1.82, 2.24) is 4.41 Å². The van der Waals surface area contributed by atoms with Crippen LogP contribution in [0.15, 0.2) is 77.7 Å². The molecule has 3 aromatic rings. The first-order valence-electron chi connectivity index (χ1n) is 9.82. The quantitative estimate of drug-likeness (QED) is 0.574. The van der Waals surface area contributed by atoms with Crippen molar-refractivity contribution in [3.63, 3.8) is 0 Å². The highest BCUT2D eigenvalue weighted by molar-refractivity contribution is 7.89. The van der Waals surface area contributed by atoms with Gasteiger partial charge in [-0.05, 0) is 78.9 Å². The number of ether oxygens (including phenoxy) is 2. The number of hydrogen-bond acceptors (Lipinski definition) is 6. The predicted octanol–water partition coefficient (Wildman–Crippen LogP) is 4.40. The summed E-state index contributed by atoms with van der Waals surface area (Å²) in [6, 6.07) is 19.7. The number of anilines is 1. The molecule has 0 aliphatic heterocycles. The lowest BCUT2D eigenvalue weighted by atomic mass is 10.1. The maximum Gasteiger partial charge on any atom is 0.449 e. The molecule has 0 spiro atoms. The van der Waals surface area contributed by atoms with Crippen molar-refractivity contribution in [1.29, 1.82) is 0 Å². The standard InChI is InChI=1S/C23H22N2O5S/c1-29-20-12-14-22(15-13-20)31(27,28)25(24-19-8-3-2-4-9-19)23(26)30-21-11-10-17-6-5-7-18(17)16-21/h2-4,8-16,24H,5-7H2,1H3. The van der Waals surface area contributed by atoms with Crippen molar-refractivity contribution in [2.45, 2.75) is 24.2 Å². The highest BCUT2D eigenvalue weighted by Crippen LogP contribution is 2.27. The number of nitrogens with one attached hydrogen (secondary N) is 1. The molecule has 1 N–H and O–H groups in total. The first-order chi connectivity index (χ1) is 15.0. The molecular formula is C23H22N2O5S. The van der Waals surface area contributed by atoms with E-state index in [0.717, 1.165) is 24.8 Å². The van der Waals surface area contributed by atoms with Crippen LogP contribution in [0.1, 0.15) is 17.5 Å². The van der Waals surface area contributed by atoms with Gasteiger partial charge in [0.1, 0.15) is 11.5 Å². The van der Waals surface area contributed by atoms with E-state index in [1.807, 2.05) is 6.07 Å². The van der Waals surface area contributed by atoms with Crippen molar-refractivity contribution in [2.75, 3.05) is 12.5 Å². The van der Waals surface area contributed by atoms with E-state index in [9.17, 15) is 13.2 Å². The first kappa shape index (κ1) is 20.7. The highest BCUT2D eigenvalue weighted by atomic mass is 32.2. The Morgan fingerprint density at radius 1 is 0.903 bits per heavy atom. The Morgan fingerprint density at radius 3 is 2.29 bits per heavy atom. The van der Waals surface area contributed by atoms with Crippen LogP contribution < -0.4 is 14.9 Å². The molecule has 160 valence electrons. The Labute approximate surface area is 181 Å². The minimum atomic E-state index is -4.26. The van der Waals surface area contributed by atoms with Gasteiger partial charge in [-0.3, -0.25) is 5.43 Å². The second-order valence-electron chi connectivity index (χ2n) is 7.07. The van der Waals surface area contributed by atoms with Gasteiger partial charge in [0.2, 0.25) is 0 Å². The number of benzene rings is 3. The van der Waals surface area contributed by atoms with Crippen LogP contribution in [0.4, 0.5) is 10.5 Å². The van der Waals surface area contributed by atoms with Gasteiger partial charge in [0.25, 0.3) is 10.0 Å². The van der Waals surface area contributed by atoms with Gasteiger partial charge in [-0.15, -0.1) is 4.41 Å². The molecule has 1 aliphatic rings. The van der Waals surface area contributed by atoms with Gasteiger partial charge in [0.15, 0.2) is 0 Å². The Morgan fingerprint density at radius 2 is 1.58 bits per heavy atom. The molecule has 4 rings (SSSR count). The van der Waals surface area contributed by atoms with Crippen LogP contribution in [0.5, 0.6) is 11.5 Å². The number of hydrogen-bond donors (Lipinski definition) is 1. The van der Waals surface area contributed by atoms with Gasteiger partial charge in [-0.25, -0.2) is 4.79 Å². The highest BCUT2D eigenvalue weighted by Gasteiger charge is 2.32. The van der Waals surface area contributed by atoms with Crippen LogP contribution in [0.25, 0.3) is 0 Å². The number of hydrazine groups is 1. The Hall–Kier alpha value is -3.52. The van der Waals surface area contributed by atoms with E-state index in [1.165, 1.54) is 36.9 Å². The largest absolute Gasteiger partial charge is 0.497 e. The summed E-state index contributed by atoms with van der Waals surface area (Å²) in [5.41, 5.74) is 5.42. The minimum absolute atomic E-state index is 0.0809. The zero-order valence-corrected chi connectivity index (χ0v) is 17.8. The van der Waals surface area contributed by atoms with Crippen LogP contribution >= 0.6 is 0 Å². The summed E-state index contributed by atoms with van der Waals surface area (Å²) in [6.07, 6.45) is 1.91. The molecule has 0 radical (unpaired) electrons. The van der Waals surface area contributed by atoms with Crippen LogP contribution in [-0.4, -0.2) is 26.0 Å². The fraction of sp³-hybridized carbons (Fsp3) is 0.174. The third kappa shape index (κ3) is 4.49. The summed E-state index contributed by atoms with van der Waals surface area (Å²) in [6.45, 7) is 0. The molecule has 3 aromatic carbocycles. The molecule has 7 nitrogen and oxygen atoms in total. The maximum absolute atomic E-state index is 13.3. The number of carbonyl (C=O) groups is 1. The lowest BCUT2D eigenvalue weighted by Crippen LogP contribution is -2.43. The van der Waals surface area contributed by atoms with Crippen molar-refractivity contribution < 1.29 is 22.7 Å². The number of rotatable bonds is 6. The summed E-state index contributed by atoms with van der Waals surface area (Å²) in [5, 5.41) is 0. The van der Waals surface area contributed by atoms with E-state index in [4.69, 9.17) is 9.47 Å². The first-order valence-corrected chi connectivity index (χ1v) is 11.3. The number of fused-ring (bicyclic) bond motifs is 1. The number of amides is 1. The maximum atomic E-state index is 13.3. The molecule has 1 amide bonds. The smallest absolute Gasteiger partial charge is 0.449 e. The Kier molecular flexibility index (Phi) is 5.81. The third-order valence-electron chi connectivity index (χ3n) is 5.04. The zero-order chi connectivity index (χ0) is 21.8. The zero-order valence-electron chi connectivity index (χ0n) is 16.9. The fourth-order valence-corrected chi connectivity index (χ4v) is 4.59. The van der Waals surface area contributed by atoms with Crippen molar-refractivity contribution in [3.8, 4) is 11.5 Å². The average molecular weight is 439 g/mol. The SMILES string of the molecule is COc1ccc(S(=O)(=O)N(Nc2ccccc2)C(=O)Oc2ccc3c(c2)CCC3)cc1. The van der Waals surface area contributed by atoms with Gasteiger partial charge in [0.05, 0.1) is 17.7 Å². The van der Waals surface area contributed by atoms with Crippen LogP contribution in [0.3, 0.4) is 0 Å². The number of nitrogens with zero attached hydrogens (tertiary/aromatic N) is 1. The number of carbonyl (C=O) groups excluding carboxylic acids is 1. The average Bonchev–Trinajstić information content (AvgIpc) is 3.26. The van der Waals surface area contributed by atoms with E-state index in [2.05, 4.69) is 5.43 Å². The predicted molar refractivity (Wildman–Crippen MR) is 117 cm³/mol. The molecule has 31 heavy (non-hydrogen) atoms.